The van der Waals surface area contributed by atoms with Crippen molar-refractivity contribution in [2.75, 3.05) is 0 Å². The van der Waals surface area contributed by atoms with Gasteiger partial charge in [-0.1, -0.05) is 36.9 Å². The Hall–Kier alpha value is -2.88. The van der Waals surface area contributed by atoms with Crippen LogP contribution in [0.1, 0.15) is 58.4 Å². The molecule has 1 atom stereocenters. The molecule has 4 nitrogen and oxygen atoms in total. The Morgan fingerprint density at radius 3 is 2.48 bits per heavy atom. The molecule has 0 aromatic heterocycles. The lowest BCUT2D eigenvalue weighted by molar-refractivity contribution is -0.117. The molecule has 0 fully saturated rings. The molecule has 0 spiro atoms. The van der Waals surface area contributed by atoms with E-state index in [9.17, 15) is 9.59 Å². The van der Waals surface area contributed by atoms with Crippen molar-refractivity contribution in [3.8, 4) is 0 Å². The van der Waals surface area contributed by atoms with Gasteiger partial charge in [-0.3, -0.25) is 9.59 Å². The van der Waals surface area contributed by atoms with Crippen molar-refractivity contribution < 1.29 is 9.59 Å². The van der Waals surface area contributed by atoms with Crippen LogP contribution in [0.3, 0.4) is 0 Å². The minimum absolute atomic E-state index is 0.0425. The van der Waals surface area contributed by atoms with Crippen molar-refractivity contribution in [2.45, 2.75) is 45.2 Å². The predicted molar refractivity (Wildman–Crippen MR) is 107 cm³/mol. The SMILES string of the molecule is C=CC(=O)NC(C)c1ccc(CNC(=O)c2ccc3c(c2)CCCC3)cc1. The first-order valence-corrected chi connectivity index (χ1v) is 9.48. The number of hydrogen-bond acceptors (Lipinski definition) is 2. The zero-order chi connectivity index (χ0) is 19.2. The van der Waals surface area contributed by atoms with E-state index in [1.807, 2.05) is 43.3 Å². The Morgan fingerprint density at radius 2 is 1.78 bits per heavy atom. The largest absolute Gasteiger partial charge is 0.348 e. The second-order valence-corrected chi connectivity index (χ2v) is 7.05. The van der Waals surface area contributed by atoms with Crippen LogP contribution in [-0.4, -0.2) is 11.8 Å². The number of carbonyl (C=O) groups is 2. The lowest BCUT2D eigenvalue weighted by atomic mass is 9.90. The summed E-state index contributed by atoms with van der Waals surface area (Å²) >= 11 is 0. The van der Waals surface area contributed by atoms with Crippen molar-refractivity contribution >= 4 is 11.8 Å². The number of fused-ring (bicyclic) bond motifs is 1. The molecule has 27 heavy (non-hydrogen) atoms. The van der Waals surface area contributed by atoms with Crippen LogP contribution in [0, 0.1) is 0 Å². The molecule has 1 unspecified atom stereocenters. The minimum Gasteiger partial charge on any atom is -0.348 e. The average Bonchev–Trinajstić information content (AvgIpc) is 2.71. The van der Waals surface area contributed by atoms with E-state index >= 15 is 0 Å². The summed E-state index contributed by atoms with van der Waals surface area (Å²) in [4.78, 5) is 23.9. The molecule has 0 heterocycles. The second-order valence-electron chi connectivity index (χ2n) is 7.05. The quantitative estimate of drug-likeness (QED) is 0.767. The van der Waals surface area contributed by atoms with Crippen molar-refractivity contribution in [3.05, 3.63) is 82.9 Å². The van der Waals surface area contributed by atoms with Gasteiger partial charge < -0.3 is 10.6 Å². The van der Waals surface area contributed by atoms with Gasteiger partial charge in [0.25, 0.3) is 5.91 Å². The molecular formula is C23H26N2O2. The first-order valence-electron chi connectivity index (χ1n) is 9.48. The summed E-state index contributed by atoms with van der Waals surface area (Å²) < 4.78 is 0. The molecule has 0 aliphatic heterocycles. The molecule has 3 rings (SSSR count). The van der Waals surface area contributed by atoms with Gasteiger partial charge in [0, 0.05) is 12.1 Å². The maximum Gasteiger partial charge on any atom is 0.251 e. The summed E-state index contributed by atoms with van der Waals surface area (Å²) in [6, 6.07) is 13.8. The van der Waals surface area contributed by atoms with Crippen molar-refractivity contribution in [1.29, 1.82) is 0 Å². The lowest BCUT2D eigenvalue weighted by Gasteiger charge is -2.16. The molecule has 1 aliphatic carbocycles. The summed E-state index contributed by atoms with van der Waals surface area (Å²) in [6.07, 6.45) is 5.90. The number of benzene rings is 2. The fourth-order valence-corrected chi connectivity index (χ4v) is 3.44. The van der Waals surface area contributed by atoms with E-state index in [4.69, 9.17) is 0 Å². The third-order valence-electron chi connectivity index (χ3n) is 5.09. The molecule has 2 N–H and O–H groups in total. The summed E-state index contributed by atoms with van der Waals surface area (Å²) in [5, 5.41) is 5.83. The molecule has 0 bridgehead atoms. The Morgan fingerprint density at radius 1 is 1.07 bits per heavy atom. The molecule has 4 heteroatoms. The van der Waals surface area contributed by atoms with Crippen LogP contribution < -0.4 is 10.6 Å². The van der Waals surface area contributed by atoms with Crippen molar-refractivity contribution in [3.63, 3.8) is 0 Å². The summed E-state index contributed by atoms with van der Waals surface area (Å²) in [5.74, 6) is -0.233. The highest BCUT2D eigenvalue weighted by Crippen LogP contribution is 2.22. The molecule has 2 aromatic carbocycles. The Balaban J connectivity index is 1.57. The monoisotopic (exact) mass is 362 g/mol. The van der Waals surface area contributed by atoms with Crippen LogP contribution in [0.15, 0.2) is 55.1 Å². The first kappa shape index (κ1) is 18.9. The molecule has 0 saturated heterocycles. The van der Waals surface area contributed by atoms with Crippen LogP contribution in [0.5, 0.6) is 0 Å². The highest BCUT2D eigenvalue weighted by atomic mass is 16.2. The van der Waals surface area contributed by atoms with Gasteiger partial charge in [0.15, 0.2) is 0 Å². The Kier molecular flexibility index (Phi) is 6.07. The van der Waals surface area contributed by atoms with Crippen LogP contribution in [0.4, 0.5) is 0 Å². The maximum absolute atomic E-state index is 12.5. The zero-order valence-corrected chi connectivity index (χ0v) is 15.8. The van der Waals surface area contributed by atoms with Crippen molar-refractivity contribution in [1.82, 2.24) is 10.6 Å². The van der Waals surface area contributed by atoms with Gasteiger partial charge in [0.2, 0.25) is 5.91 Å². The number of rotatable bonds is 6. The normalized spacial score (nSPS) is 14.0. The molecule has 2 amide bonds. The number of aryl methyl sites for hydroxylation is 2. The smallest absolute Gasteiger partial charge is 0.251 e. The molecule has 0 radical (unpaired) electrons. The van der Waals surface area contributed by atoms with E-state index in [-0.39, 0.29) is 17.9 Å². The van der Waals surface area contributed by atoms with Gasteiger partial charge in [-0.25, -0.2) is 0 Å². The third-order valence-corrected chi connectivity index (χ3v) is 5.09. The number of amides is 2. The zero-order valence-electron chi connectivity index (χ0n) is 15.8. The summed E-state index contributed by atoms with van der Waals surface area (Å²) in [5.41, 5.74) is 5.45. The molecule has 2 aromatic rings. The highest BCUT2D eigenvalue weighted by Gasteiger charge is 2.13. The maximum atomic E-state index is 12.5. The van der Waals surface area contributed by atoms with Gasteiger partial charge in [-0.2, -0.15) is 0 Å². The fourth-order valence-electron chi connectivity index (χ4n) is 3.44. The number of carbonyl (C=O) groups excluding carboxylic acids is 2. The molecule has 0 saturated carbocycles. The van der Waals surface area contributed by atoms with E-state index in [0.717, 1.165) is 29.5 Å². The van der Waals surface area contributed by atoms with Gasteiger partial charge in [0.05, 0.1) is 6.04 Å². The van der Waals surface area contributed by atoms with E-state index in [2.05, 4.69) is 23.3 Å². The van der Waals surface area contributed by atoms with E-state index < -0.39 is 0 Å². The average molecular weight is 362 g/mol. The fraction of sp³-hybridized carbons (Fsp3) is 0.304. The van der Waals surface area contributed by atoms with Gasteiger partial charge in [0.1, 0.15) is 0 Å². The number of nitrogens with one attached hydrogen (secondary N) is 2. The summed E-state index contributed by atoms with van der Waals surface area (Å²) in [6.45, 7) is 5.86. The molecular weight excluding hydrogens is 336 g/mol. The Labute approximate surface area is 160 Å². The van der Waals surface area contributed by atoms with Crippen LogP contribution in [0.2, 0.25) is 0 Å². The van der Waals surface area contributed by atoms with Crippen LogP contribution in [0.25, 0.3) is 0 Å². The third kappa shape index (κ3) is 4.85. The van der Waals surface area contributed by atoms with E-state index in [1.54, 1.807) is 0 Å². The first-order chi connectivity index (χ1) is 13.1. The van der Waals surface area contributed by atoms with Gasteiger partial charge in [-0.05, 0) is 73.1 Å². The highest BCUT2D eigenvalue weighted by molar-refractivity contribution is 5.94. The Bertz CT molecular complexity index is 840. The van der Waals surface area contributed by atoms with E-state index in [1.165, 1.54) is 30.0 Å². The molecule has 1 aliphatic rings. The summed E-state index contributed by atoms with van der Waals surface area (Å²) in [7, 11) is 0. The van der Waals surface area contributed by atoms with Crippen molar-refractivity contribution in [2.24, 2.45) is 0 Å². The van der Waals surface area contributed by atoms with Gasteiger partial charge >= 0.3 is 0 Å². The van der Waals surface area contributed by atoms with Gasteiger partial charge in [-0.15, -0.1) is 0 Å². The standard InChI is InChI=1S/C23H26N2O2/c1-3-22(26)25-16(2)18-10-8-17(9-11-18)15-24-23(27)21-13-12-19-6-4-5-7-20(19)14-21/h3,8-14,16H,1,4-7,15H2,2H3,(H,24,27)(H,25,26). The predicted octanol–water partition coefficient (Wildman–Crippen LogP) is 3.86. The van der Waals surface area contributed by atoms with E-state index in [0.29, 0.717) is 6.54 Å². The minimum atomic E-state index is -0.191. The number of hydrogen-bond donors (Lipinski definition) is 2. The topological polar surface area (TPSA) is 58.2 Å². The molecule has 140 valence electrons. The van der Waals surface area contributed by atoms with Crippen LogP contribution >= 0.6 is 0 Å². The lowest BCUT2D eigenvalue weighted by Crippen LogP contribution is -2.25. The second kappa shape index (κ2) is 8.67. The van der Waals surface area contributed by atoms with Crippen LogP contribution in [-0.2, 0) is 24.2 Å².